The molecule has 0 aromatic carbocycles. The molecule has 2 aliphatic rings. The Morgan fingerprint density at radius 1 is 1.55 bits per heavy atom. The number of primary amides is 1. The summed E-state index contributed by atoms with van der Waals surface area (Å²) in [6.45, 7) is 6.54. The number of piperidine rings is 1. The fourth-order valence-electron chi connectivity index (χ4n) is 2.89. The van der Waals surface area contributed by atoms with Gasteiger partial charge in [-0.1, -0.05) is 6.92 Å². The van der Waals surface area contributed by atoms with Gasteiger partial charge in [0.2, 0.25) is 5.91 Å². The zero-order valence-electron chi connectivity index (χ0n) is 12.5. The van der Waals surface area contributed by atoms with Crippen LogP contribution in [0.4, 0.5) is 0 Å². The largest absolute Gasteiger partial charge is 0.380 e. The second kappa shape index (κ2) is 6.43. The molecule has 6 nitrogen and oxygen atoms in total. The van der Waals surface area contributed by atoms with Gasteiger partial charge >= 0.3 is 0 Å². The van der Waals surface area contributed by atoms with E-state index in [1.807, 2.05) is 0 Å². The lowest BCUT2D eigenvalue weighted by Crippen LogP contribution is -2.53. The van der Waals surface area contributed by atoms with Gasteiger partial charge in [-0.25, -0.2) is 0 Å². The molecular weight excluding hydrogens is 256 g/mol. The second-order valence-corrected chi connectivity index (χ2v) is 6.33. The summed E-state index contributed by atoms with van der Waals surface area (Å²) >= 11 is 0. The fraction of sp³-hybridized carbons (Fsp3) is 0.857. The Kier molecular flexibility index (Phi) is 4.86. The fourth-order valence-corrected chi connectivity index (χ4v) is 2.89. The maximum atomic E-state index is 11.1. The van der Waals surface area contributed by atoms with E-state index < -0.39 is 0 Å². The topological polar surface area (TPSA) is 80.0 Å². The predicted molar refractivity (Wildman–Crippen MR) is 78.4 cm³/mol. The van der Waals surface area contributed by atoms with Crippen LogP contribution in [0, 0.1) is 11.3 Å². The monoisotopic (exact) mass is 282 g/mol. The molecule has 114 valence electrons. The standard InChI is InChI=1S/C14H26N4O2/c1-14(9-20-10-14)8-17-13(16-2)18-5-3-4-11(7-18)6-12(15)19/h11H,3-10H2,1-2H3,(H2,15,19)(H,16,17). The molecule has 2 saturated heterocycles. The summed E-state index contributed by atoms with van der Waals surface area (Å²) in [5, 5.41) is 3.44. The Bertz CT molecular complexity index is 379. The van der Waals surface area contributed by atoms with Gasteiger partial charge in [-0.15, -0.1) is 0 Å². The number of nitrogens with two attached hydrogens (primary N) is 1. The Hall–Kier alpha value is -1.30. The number of guanidine groups is 1. The van der Waals surface area contributed by atoms with Crippen LogP contribution in [0.1, 0.15) is 26.2 Å². The summed E-state index contributed by atoms with van der Waals surface area (Å²) in [6, 6.07) is 0. The number of ether oxygens (including phenoxy) is 1. The van der Waals surface area contributed by atoms with Crippen LogP contribution in [0.5, 0.6) is 0 Å². The summed E-state index contributed by atoms with van der Waals surface area (Å²) in [7, 11) is 1.81. The lowest BCUT2D eigenvalue weighted by atomic mass is 9.89. The number of amides is 1. The van der Waals surface area contributed by atoms with Gasteiger partial charge in [0, 0.05) is 38.5 Å². The minimum Gasteiger partial charge on any atom is -0.380 e. The van der Waals surface area contributed by atoms with E-state index in [0.29, 0.717) is 12.3 Å². The Labute approximate surface area is 120 Å². The van der Waals surface area contributed by atoms with Crippen molar-refractivity contribution in [3.63, 3.8) is 0 Å². The van der Waals surface area contributed by atoms with Gasteiger partial charge in [0.05, 0.1) is 13.2 Å². The SMILES string of the molecule is CN=C(NCC1(C)COC1)N1CCCC(CC(N)=O)C1. The van der Waals surface area contributed by atoms with E-state index in [4.69, 9.17) is 10.5 Å². The number of carbonyl (C=O) groups excluding carboxylic acids is 1. The average Bonchev–Trinajstić information content (AvgIpc) is 2.37. The Morgan fingerprint density at radius 2 is 2.30 bits per heavy atom. The molecule has 2 aliphatic heterocycles. The highest BCUT2D eigenvalue weighted by atomic mass is 16.5. The summed E-state index contributed by atoms with van der Waals surface area (Å²) < 4.78 is 5.27. The average molecular weight is 282 g/mol. The molecular formula is C14H26N4O2. The smallest absolute Gasteiger partial charge is 0.217 e. The van der Waals surface area contributed by atoms with E-state index in [-0.39, 0.29) is 11.3 Å². The van der Waals surface area contributed by atoms with Crippen LogP contribution >= 0.6 is 0 Å². The minimum absolute atomic E-state index is 0.209. The van der Waals surface area contributed by atoms with Gasteiger partial charge in [0.1, 0.15) is 0 Å². The molecule has 1 atom stereocenters. The van der Waals surface area contributed by atoms with E-state index in [1.54, 1.807) is 7.05 Å². The van der Waals surface area contributed by atoms with Crippen LogP contribution in [-0.4, -0.2) is 56.7 Å². The summed E-state index contributed by atoms with van der Waals surface area (Å²) in [5.41, 5.74) is 5.52. The van der Waals surface area contributed by atoms with Crippen LogP contribution in [0.25, 0.3) is 0 Å². The van der Waals surface area contributed by atoms with Gasteiger partial charge in [-0.3, -0.25) is 9.79 Å². The van der Waals surface area contributed by atoms with E-state index in [2.05, 4.69) is 22.1 Å². The number of nitrogens with zero attached hydrogens (tertiary/aromatic N) is 2. The van der Waals surface area contributed by atoms with Crippen LogP contribution < -0.4 is 11.1 Å². The van der Waals surface area contributed by atoms with Crippen molar-refractivity contribution in [3.05, 3.63) is 0 Å². The highest BCUT2D eigenvalue weighted by Gasteiger charge is 2.34. The molecule has 0 saturated carbocycles. The summed E-state index contributed by atoms with van der Waals surface area (Å²) in [5.74, 6) is 1.06. The Balaban J connectivity index is 1.85. The second-order valence-electron chi connectivity index (χ2n) is 6.33. The molecule has 0 spiro atoms. The maximum Gasteiger partial charge on any atom is 0.217 e. The van der Waals surface area contributed by atoms with Crippen molar-refractivity contribution in [1.29, 1.82) is 0 Å². The molecule has 2 heterocycles. The number of hydrogen-bond acceptors (Lipinski definition) is 3. The molecule has 2 fully saturated rings. The first-order chi connectivity index (χ1) is 9.52. The highest BCUT2D eigenvalue weighted by molar-refractivity contribution is 5.80. The molecule has 0 aromatic rings. The van der Waals surface area contributed by atoms with Gasteiger partial charge in [0.25, 0.3) is 0 Å². The molecule has 2 rings (SSSR count). The van der Waals surface area contributed by atoms with Gasteiger partial charge in [0.15, 0.2) is 5.96 Å². The minimum atomic E-state index is -0.209. The van der Waals surface area contributed by atoms with Gasteiger partial charge in [-0.2, -0.15) is 0 Å². The molecule has 20 heavy (non-hydrogen) atoms. The number of rotatable bonds is 4. The number of nitrogens with one attached hydrogen (secondary N) is 1. The lowest BCUT2D eigenvalue weighted by Gasteiger charge is -2.40. The van der Waals surface area contributed by atoms with Crippen molar-refractivity contribution in [1.82, 2.24) is 10.2 Å². The van der Waals surface area contributed by atoms with Crippen molar-refractivity contribution >= 4 is 11.9 Å². The van der Waals surface area contributed by atoms with Crippen molar-refractivity contribution in [2.24, 2.45) is 22.1 Å². The third kappa shape index (κ3) is 3.85. The molecule has 0 bridgehead atoms. The van der Waals surface area contributed by atoms with Crippen LogP contribution in [0.15, 0.2) is 4.99 Å². The third-order valence-corrected chi connectivity index (χ3v) is 4.09. The lowest BCUT2D eigenvalue weighted by molar-refractivity contribution is -0.119. The van der Waals surface area contributed by atoms with Crippen molar-refractivity contribution in [3.8, 4) is 0 Å². The van der Waals surface area contributed by atoms with Crippen LogP contribution in [-0.2, 0) is 9.53 Å². The van der Waals surface area contributed by atoms with E-state index >= 15 is 0 Å². The molecule has 0 aromatic heterocycles. The van der Waals surface area contributed by atoms with Gasteiger partial charge in [-0.05, 0) is 18.8 Å². The van der Waals surface area contributed by atoms with Crippen molar-refractivity contribution < 1.29 is 9.53 Å². The molecule has 1 amide bonds. The number of likely N-dealkylation sites (tertiary alicyclic amines) is 1. The Morgan fingerprint density at radius 3 is 2.85 bits per heavy atom. The van der Waals surface area contributed by atoms with Crippen molar-refractivity contribution in [2.75, 3.05) is 39.9 Å². The van der Waals surface area contributed by atoms with E-state index in [9.17, 15) is 4.79 Å². The zero-order valence-corrected chi connectivity index (χ0v) is 12.5. The van der Waals surface area contributed by atoms with Gasteiger partial charge < -0.3 is 20.7 Å². The first-order valence-corrected chi connectivity index (χ1v) is 7.34. The van der Waals surface area contributed by atoms with E-state index in [1.165, 1.54) is 0 Å². The van der Waals surface area contributed by atoms with E-state index in [0.717, 1.165) is 51.6 Å². The third-order valence-electron chi connectivity index (χ3n) is 4.09. The number of hydrogen-bond donors (Lipinski definition) is 2. The molecule has 0 aliphatic carbocycles. The molecule has 6 heteroatoms. The van der Waals surface area contributed by atoms with Crippen LogP contribution in [0.2, 0.25) is 0 Å². The number of carbonyl (C=O) groups is 1. The highest BCUT2D eigenvalue weighted by Crippen LogP contribution is 2.25. The zero-order chi connectivity index (χ0) is 14.6. The van der Waals surface area contributed by atoms with Crippen molar-refractivity contribution in [2.45, 2.75) is 26.2 Å². The quantitative estimate of drug-likeness (QED) is 0.569. The summed E-state index contributed by atoms with van der Waals surface area (Å²) in [6.07, 6.45) is 2.63. The van der Waals surface area contributed by atoms with Crippen LogP contribution in [0.3, 0.4) is 0 Å². The normalized spacial score (nSPS) is 26.0. The first-order valence-electron chi connectivity index (χ1n) is 7.34. The molecule has 1 unspecified atom stereocenters. The first kappa shape index (κ1) is 15.1. The maximum absolute atomic E-state index is 11.1. The molecule has 3 N–H and O–H groups in total. The molecule has 0 radical (unpaired) electrons. The number of aliphatic imine (C=N–C) groups is 1. The predicted octanol–water partition coefficient (Wildman–Crippen LogP) is 0.186. The summed E-state index contributed by atoms with van der Waals surface area (Å²) in [4.78, 5) is 17.7.